The van der Waals surface area contributed by atoms with Crippen LogP contribution in [-0.4, -0.2) is 79.1 Å². The number of benzene rings is 1. The van der Waals surface area contributed by atoms with Gasteiger partial charge in [0.1, 0.15) is 5.75 Å². The molecule has 14 heteroatoms. The number of sulfonamides is 1. The van der Waals surface area contributed by atoms with E-state index in [1.165, 1.54) is 17.2 Å². The molecule has 0 unspecified atom stereocenters. The van der Waals surface area contributed by atoms with Gasteiger partial charge in [-0.05, 0) is 48.2 Å². The number of amides is 1. The summed E-state index contributed by atoms with van der Waals surface area (Å²) in [6, 6.07) is 11.3. The van der Waals surface area contributed by atoms with Crippen LogP contribution in [0.4, 0.5) is 19.0 Å². The number of aryl methyl sites for hydroxylation is 1. The van der Waals surface area contributed by atoms with Crippen LogP contribution in [-0.2, 0) is 23.0 Å². The van der Waals surface area contributed by atoms with Crippen molar-refractivity contribution < 1.29 is 31.1 Å². The van der Waals surface area contributed by atoms with E-state index in [0.717, 1.165) is 42.9 Å². The van der Waals surface area contributed by atoms with E-state index in [4.69, 9.17) is 4.74 Å². The Labute approximate surface area is 243 Å². The number of hydrogen-bond donors (Lipinski definition) is 1. The molecule has 2 aromatic heterocycles. The molecule has 226 valence electrons. The standard InChI is InChI=1S/C28H33F3N6O4S/c1-3-20-15-21(23-16-24(41-4-2)18-32-17-23)5-6-22(20)19-36-10-12-37(13-11-36)26-8-7-25(33-34-26)27(38)35-42(39,40)14-9-28(29,30)31/h5-8,15-18H,3-4,9-14,19H2,1-2H3,(H,35,38). The molecule has 0 bridgehead atoms. The maximum Gasteiger partial charge on any atom is 0.390 e. The zero-order valence-electron chi connectivity index (χ0n) is 23.4. The van der Waals surface area contributed by atoms with Crippen molar-refractivity contribution in [2.75, 3.05) is 43.4 Å². The summed E-state index contributed by atoms with van der Waals surface area (Å²) >= 11 is 0. The molecule has 1 fully saturated rings. The lowest BCUT2D eigenvalue weighted by Gasteiger charge is -2.35. The van der Waals surface area contributed by atoms with Crippen molar-refractivity contribution in [3.8, 4) is 16.9 Å². The third-order valence-corrected chi connectivity index (χ3v) is 8.06. The molecule has 3 aromatic rings. The lowest BCUT2D eigenvalue weighted by molar-refractivity contribution is -0.130. The van der Waals surface area contributed by atoms with Crippen LogP contribution in [0.5, 0.6) is 5.75 Å². The van der Waals surface area contributed by atoms with Crippen molar-refractivity contribution in [2.24, 2.45) is 0 Å². The largest absolute Gasteiger partial charge is 0.492 e. The third kappa shape index (κ3) is 8.61. The fraction of sp³-hybridized carbons (Fsp3) is 0.429. The minimum Gasteiger partial charge on any atom is -0.492 e. The van der Waals surface area contributed by atoms with Gasteiger partial charge in [0.2, 0.25) is 10.0 Å². The number of anilines is 1. The first-order valence-corrected chi connectivity index (χ1v) is 15.2. The quantitative estimate of drug-likeness (QED) is 0.348. The van der Waals surface area contributed by atoms with Crippen molar-refractivity contribution >= 4 is 21.7 Å². The van der Waals surface area contributed by atoms with Gasteiger partial charge in [-0.25, -0.2) is 13.1 Å². The zero-order valence-corrected chi connectivity index (χ0v) is 24.2. The van der Waals surface area contributed by atoms with E-state index in [0.29, 0.717) is 25.5 Å². The van der Waals surface area contributed by atoms with Crippen LogP contribution < -0.4 is 14.4 Å². The molecule has 3 heterocycles. The molecule has 42 heavy (non-hydrogen) atoms. The van der Waals surface area contributed by atoms with Crippen molar-refractivity contribution in [3.63, 3.8) is 0 Å². The van der Waals surface area contributed by atoms with Gasteiger partial charge in [0, 0.05) is 44.5 Å². The monoisotopic (exact) mass is 606 g/mol. The van der Waals surface area contributed by atoms with Crippen molar-refractivity contribution in [1.82, 2.24) is 24.8 Å². The SMILES string of the molecule is CCOc1cncc(-c2ccc(CN3CCN(c4ccc(C(=O)NS(=O)(=O)CCC(F)(F)F)nn4)CC3)c(CC)c2)c1. The summed E-state index contributed by atoms with van der Waals surface area (Å²) in [4.78, 5) is 20.8. The molecular weight excluding hydrogens is 573 g/mol. The molecule has 0 radical (unpaired) electrons. The van der Waals surface area contributed by atoms with Crippen LogP contribution in [0.3, 0.4) is 0 Å². The smallest absolute Gasteiger partial charge is 0.390 e. The second-order valence-electron chi connectivity index (χ2n) is 9.83. The Bertz CT molecular complexity index is 1480. The molecule has 1 N–H and O–H groups in total. The first kappa shape index (κ1) is 31.2. The predicted octanol–water partition coefficient (Wildman–Crippen LogP) is 3.83. The second kappa shape index (κ2) is 13.5. The molecule has 1 aromatic carbocycles. The minimum absolute atomic E-state index is 0.302. The summed E-state index contributed by atoms with van der Waals surface area (Å²) in [7, 11) is -4.46. The van der Waals surface area contributed by atoms with Gasteiger partial charge in [-0.3, -0.25) is 14.7 Å². The van der Waals surface area contributed by atoms with Crippen molar-refractivity contribution in [2.45, 2.75) is 39.4 Å². The maximum absolute atomic E-state index is 12.3. The molecular formula is C28H33F3N6O4S. The van der Waals surface area contributed by atoms with Crippen LogP contribution in [0, 0.1) is 0 Å². The van der Waals surface area contributed by atoms with Crippen LogP contribution in [0.1, 0.15) is 41.9 Å². The number of piperazine rings is 1. The molecule has 10 nitrogen and oxygen atoms in total. The number of nitrogens with zero attached hydrogens (tertiary/aromatic N) is 5. The maximum atomic E-state index is 12.3. The molecule has 1 aliphatic rings. The Balaban J connectivity index is 1.32. The molecule has 0 saturated carbocycles. The van der Waals surface area contributed by atoms with Crippen LogP contribution in [0.15, 0.2) is 48.8 Å². The summed E-state index contributed by atoms with van der Waals surface area (Å²) in [6.45, 7) is 8.32. The normalized spacial score (nSPS) is 14.5. The Hall–Kier alpha value is -3.78. The number of halogens is 3. The number of carbonyl (C=O) groups is 1. The second-order valence-corrected chi connectivity index (χ2v) is 11.7. The van der Waals surface area contributed by atoms with Gasteiger partial charge in [-0.2, -0.15) is 13.2 Å². The number of ether oxygens (including phenoxy) is 1. The van der Waals surface area contributed by atoms with Crippen LogP contribution in [0.25, 0.3) is 11.1 Å². The number of alkyl halides is 3. The molecule has 0 aliphatic carbocycles. The molecule has 4 rings (SSSR count). The Kier molecular flexibility index (Phi) is 9.99. The summed E-state index contributed by atoms with van der Waals surface area (Å²) in [5, 5.41) is 7.83. The summed E-state index contributed by atoms with van der Waals surface area (Å²) in [5.74, 6) is -1.11. The number of rotatable bonds is 11. The van der Waals surface area contributed by atoms with E-state index >= 15 is 0 Å². The zero-order chi connectivity index (χ0) is 30.3. The highest BCUT2D eigenvalue weighted by atomic mass is 32.2. The van der Waals surface area contributed by atoms with E-state index in [1.54, 1.807) is 17.0 Å². The van der Waals surface area contributed by atoms with Crippen molar-refractivity contribution in [1.29, 1.82) is 0 Å². The van der Waals surface area contributed by atoms with Gasteiger partial charge >= 0.3 is 6.18 Å². The van der Waals surface area contributed by atoms with E-state index in [9.17, 15) is 26.4 Å². The molecule has 1 amide bonds. The lowest BCUT2D eigenvalue weighted by Crippen LogP contribution is -2.46. The molecule has 1 aliphatic heterocycles. The first-order valence-electron chi connectivity index (χ1n) is 13.6. The fourth-order valence-corrected chi connectivity index (χ4v) is 5.59. The van der Waals surface area contributed by atoms with Crippen LogP contribution in [0.2, 0.25) is 0 Å². The third-order valence-electron chi connectivity index (χ3n) is 6.82. The van der Waals surface area contributed by atoms with Gasteiger partial charge in [0.25, 0.3) is 5.91 Å². The molecule has 0 atom stereocenters. The predicted molar refractivity (Wildman–Crippen MR) is 152 cm³/mol. The lowest BCUT2D eigenvalue weighted by atomic mass is 9.98. The highest BCUT2D eigenvalue weighted by molar-refractivity contribution is 7.90. The fourth-order valence-electron chi connectivity index (χ4n) is 4.60. The van der Waals surface area contributed by atoms with Gasteiger partial charge in [0.05, 0.1) is 25.0 Å². The summed E-state index contributed by atoms with van der Waals surface area (Å²) < 4.78 is 67.8. The van der Waals surface area contributed by atoms with E-state index in [1.807, 2.05) is 24.1 Å². The average molecular weight is 607 g/mol. The highest BCUT2D eigenvalue weighted by Gasteiger charge is 2.31. The number of nitrogens with one attached hydrogen (secondary N) is 1. The van der Waals surface area contributed by atoms with E-state index < -0.39 is 34.3 Å². The number of aromatic nitrogens is 3. The number of pyridine rings is 1. The Morgan fingerprint density at radius 2 is 1.74 bits per heavy atom. The van der Waals surface area contributed by atoms with Gasteiger partial charge in [-0.1, -0.05) is 25.1 Å². The summed E-state index contributed by atoms with van der Waals surface area (Å²) in [6.07, 6.45) is -1.78. The first-order chi connectivity index (χ1) is 20.0. The van der Waals surface area contributed by atoms with Gasteiger partial charge in [-0.15, -0.1) is 10.2 Å². The van der Waals surface area contributed by atoms with E-state index in [2.05, 4.69) is 45.2 Å². The molecule has 1 saturated heterocycles. The number of carbonyl (C=O) groups excluding carboxylic acids is 1. The van der Waals surface area contributed by atoms with E-state index in [-0.39, 0.29) is 5.69 Å². The van der Waals surface area contributed by atoms with Crippen LogP contribution >= 0.6 is 0 Å². The number of hydrogen-bond acceptors (Lipinski definition) is 9. The van der Waals surface area contributed by atoms with Crippen molar-refractivity contribution in [3.05, 3.63) is 65.6 Å². The Morgan fingerprint density at radius 3 is 2.38 bits per heavy atom. The highest BCUT2D eigenvalue weighted by Crippen LogP contribution is 2.27. The summed E-state index contributed by atoms with van der Waals surface area (Å²) in [5.41, 5.74) is 4.30. The minimum atomic E-state index is -4.65. The molecule has 0 spiro atoms. The topological polar surface area (TPSA) is 118 Å². The average Bonchev–Trinajstić information content (AvgIpc) is 2.97. The Morgan fingerprint density at radius 1 is 0.976 bits per heavy atom. The van der Waals surface area contributed by atoms with Gasteiger partial charge < -0.3 is 9.64 Å². The van der Waals surface area contributed by atoms with Gasteiger partial charge in [0.15, 0.2) is 11.5 Å².